The second-order valence-corrected chi connectivity index (χ2v) is 7.83. The maximum atomic E-state index is 12.1. The number of anilines is 2. The topological polar surface area (TPSA) is 156 Å². The molecule has 0 spiro atoms. The van der Waals surface area contributed by atoms with Crippen LogP contribution in [0.25, 0.3) is 17.2 Å². The van der Waals surface area contributed by atoms with Crippen LogP contribution in [0.2, 0.25) is 0 Å². The molecule has 5 rings (SSSR count). The summed E-state index contributed by atoms with van der Waals surface area (Å²) in [6.07, 6.45) is 6.03. The fourth-order valence-electron chi connectivity index (χ4n) is 3.94. The van der Waals surface area contributed by atoms with Gasteiger partial charge in [0.2, 0.25) is 5.95 Å². The molecule has 11 heteroatoms. The first kappa shape index (κ1) is 21.0. The van der Waals surface area contributed by atoms with Crippen molar-refractivity contribution in [3.8, 4) is 5.75 Å². The zero-order valence-electron chi connectivity index (χ0n) is 17.8. The maximum absolute atomic E-state index is 12.1. The molecule has 0 unspecified atom stereocenters. The fourth-order valence-corrected chi connectivity index (χ4v) is 3.94. The molecule has 4 heterocycles. The Kier molecular flexibility index (Phi) is 5.71. The molecule has 0 bridgehead atoms. The summed E-state index contributed by atoms with van der Waals surface area (Å²) in [6, 6.07) is 7.80. The molecule has 1 fully saturated rings. The maximum Gasteiger partial charge on any atom is 0.247 e. The third kappa shape index (κ3) is 4.28. The number of aromatic nitrogens is 4. The lowest BCUT2D eigenvalue weighted by molar-refractivity contribution is -0.131. The number of para-hydroxylation sites is 1. The van der Waals surface area contributed by atoms with Crippen molar-refractivity contribution in [3.05, 3.63) is 41.7 Å². The number of hydrogen-bond donors (Lipinski definition) is 3. The summed E-state index contributed by atoms with van der Waals surface area (Å²) in [5, 5.41) is 4.23. The summed E-state index contributed by atoms with van der Waals surface area (Å²) in [4.78, 5) is 25.2. The summed E-state index contributed by atoms with van der Waals surface area (Å²) in [5.41, 5.74) is 17.3. The number of hydrazone groups is 1. The van der Waals surface area contributed by atoms with Crippen molar-refractivity contribution < 1.29 is 14.3 Å². The Morgan fingerprint density at radius 3 is 3.06 bits per heavy atom. The van der Waals surface area contributed by atoms with Gasteiger partial charge in [-0.3, -0.25) is 9.36 Å². The van der Waals surface area contributed by atoms with Gasteiger partial charge in [0.25, 0.3) is 0 Å². The molecule has 5 N–H and O–H groups in total. The van der Waals surface area contributed by atoms with Gasteiger partial charge in [-0.05, 0) is 31.5 Å². The molecule has 11 nitrogen and oxygen atoms in total. The number of nitrogens with two attached hydrogens (primary N) is 2. The zero-order chi connectivity index (χ0) is 22.8. The van der Waals surface area contributed by atoms with Gasteiger partial charge < -0.3 is 20.9 Å². The molecule has 1 saturated heterocycles. The average molecular weight is 448 g/mol. The van der Waals surface area contributed by atoms with E-state index < -0.39 is 6.10 Å². The Morgan fingerprint density at radius 2 is 2.18 bits per heavy atom. The first-order chi connectivity index (χ1) is 16.1. The number of rotatable bonds is 7. The van der Waals surface area contributed by atoms with Crippen LogP contribution in [0.5, 0.6) is 5.75 Å². The molecule has 0 amide bonds. The van der Waals surface area contributed by atoms with E-state index in [4.69, 9.17) is 20.9 Å². The fraction of sp³-hybridized carbons (Fsp3) is 0.318. The van der Waals surface area contributed by atoms with E-state index in [1.165, 1.54) is 0 Å². The van der Waals surface area contributed by atoms with Crippen molar-refractivity contribution >= 4 is 41.0 Å². The molecule has 2 aliphatic heterocycles. The van der Waals surface area contributed by atoms with Gasteiger partial charge >= 0.3 is 0 Å². The number of hydrogen-bond acceptors (Lipinski definition) is 10. The van der Waals surface area contributed by atoms with Crippen molar-refractivity contribution in [2.24, 2.45) is 10.8 Å². The van der Waals surface area contributed by atoms with Gasteiger partial charge in [-0.15, -0.1) is 0 Å². The zero-order valence-corrected chi connectivity index (χ0v) is 17.8. The number of fused-ring (bicyclic) bond motifs is 2. The van der Waals surface area contributed by atoms with Crippen LogP contribution in [0.1, 0.15) is 31.1 Å². The highest BCUT2D eigenvalue weighted by molar-refractivity contribution is 5.88. The lowest BCUT2D eigenvalue weighted by atomic mass is 10.1. The van der Waals surface area contributed by atoms with Crippen LogP contribution < -0.4 is 21.6 Å². The van der Waals surface area contributed by atoms with Crippen LogP contribution in [0, 0.1) is 0 Å². The van der Waals surface area contributed by atoms with Gasteiger partial charge in [0.1, 0.15) is 30.2 Å². The number of benzene rings is 1. The number of ketones is 1. The highest BCUT2D eigenvalue weighted by atomic mass is 16.5. The Balaban J connectivity index is 1.33. The van der Waals surface area contributed by atoms with Crippen LogP contribution in [-0.4, -0.2) is 50.8 Å². The second kappa shape index (κ2) is 8.96. The predicted molar refractivity (Wildman–Crippen MR) is 124 cm³/mol. The Morgan fingerprint density at radius 1 is 1.30 bits per heavy atom. The highest BCUT2D eigenvalue weighted by Gasteiger charge is 2.32. The van der Waals surface area contributed by atoms with Gasteiger partial charge in [0.05, 0.1) is 12.5 Å². The van der Waals surface area contributed by atoms with Crippen molar-refractivity contribution in [2.45, 2.75) is 31.6 Å². The first-order valence-corrected chi connectivity index (χ1v) is 10.7. The summed E-state index contributed by atoms with van der Waals surface area (Å²) >= 11 is 0. The van der Waals surface area contributed by atoms with E-state index in [0.29, 0.717) is 43.6 Å². The van der Waals surface area contributed by atoms with E-state index in [9.17, 15) is 4.79 Å². The molecule has 170 valence electrons. The monoisotopic (exact) mass is 448 g/mol. The molecule has 2 aliphatic rings. The molecule has 0 aliphatic carbocycles. The number of nitrogen functional groups attached to an aromatic ring is 1. The van der Waals surface area contributed by atoms with Crippen molar-refractivity contribution in [2.75, 3.05) is 24.3 Å². The van der Waals surface area contributed by atoms with E-state index in [-0.39, 0.29) is 23.8 Å². The van der Waals surface area contributed by atoms with E-state index in [2.05, 4.69) is 25.5 Å². The van der Waals surface area contributed by atoms with E-state index in [0.717, 1.165) is 16.9 Å². The van der Waals surface area contributed by atoms with Crippen LogP contribution in [0.4, 0.5) is 11.8 Å². The smallest absolute Gasteiger partial charge is 0.247 e. The normalized spacial score (nSPS) is 20.0. The van der Waals surface area contributed by atoms with E-state index >= 15 is 0 Å². The van der Waals surface area contributed by atoms with E-state index in [1.807, 2.05) is 30.3 Å². The third-order valence-corrected chi connectivity index (χ3v) is 5.55. The summed E-state index contributed by atoms with van der Waals surface area (Å²) in [5.74, 6) is 1.31. The van der Waals surface area contributed by atoms with Gasteiger partial charge in [-0.25, -0.2) is 10.4 Å². The minimum atomic E-state index is -0.464. The van der Waals surface area contributed by atoms with Crippen LogP contribution >= 0.6 is 0 Å². The van der Waals surface area contributed by atoms with Crippen molar-refractivity contribution in [1.82, 2.24) is 19.5 Å². The molecule has 2 atom stereocenters. The standard InChI is InChI=1S/C22H24N8O3/c23-8-7-15(31)17-5-6-18(33-17)30-12-25-19-20(24)27-22(28-21(19)30)29-26-10-13-9-14-3-1-2-4-16(14)32-11-13/h1-4,9-10,12,17-18H,5-8,11,23H2,(H3,24,27,28,29)/b26-10+/t17-,18+/m0/s1. The largest absolute Gasteiger partial charge is 0.488 e. The number of carbonyl (C=O) groups is 1. The molecule has 33 heavy (non-hydrogen) atoms. The summed E-state index contributed by atoms with van der Waals surface area (Å²) in [6.45, 7) is 0.728. The summed E-state index contributed by atoms with van der Waals surface area (Å²) < 4.78 is 13.4. The number of nitrogens with one attached hydrogen (secondary N) is 1. The lowest BCUT2D eigenvalue weighted by Gasteiger charge is -2.15. The molecule has 0 radical (unpaired) electrons. The molecule has 1 aromatic carbocycles. The average Bonchev–Trinajstić information content (AvgIpc) is 3.47. The third-order valence-electron chi connectivity index (χ3n) is 5.55. The molecule has 2 aromatic heterocycles. The Hall–Kier alpha value is -3.83. The number of nitrogens with zero attached hydrogens (tertiary/aromatic N) is 5. The molecule has 0 saturated carbocycles. The predicted octanol–water partition coefficient (Wildman–Crippen LogP) is 1.88. The Bertz CT molecular complexity index is 1250. The van der Waals surface area contributed by atoms with Gasteiger partial charge in [-0.2, -0.15) is 15.1 Å². The minimum absolute atomic E-state index is 0.0128. The number of imidazole rings is 1. The van der Waals surface area contributed by atoms with Crippen molar-refractivity contribution in [3.63, 3.8) is 0 Å². The summed E-state index contributed by atoms with van der Waals surface area (Å²) in [7, 11) is 0. The number of ether oxygens (including phenoxy) is 2. The SMILES string of the molecule is NCCC(=O)[C@@H]1CC[C@H](n2cnc3c(N)nc(N/N=C/C4=Cc5ccccc5OC4)nc32)O1. The van der Waals surface area contributed by atoms with Crippen LogP contribution in [0.15, 0.2) is 41.3 Å². The molecule has 3 aromatic rings. The first-order valence-electron chi connectivity index (χ1n) is 10.7. The number of carbonyl (C=O) groups excluding carboxylic acids is 1. The lowest BCUT2D eigenvalue weighted by Crippen LogP contribution is -2.23. The molecular formula is C22H24N8O3. The number of Topliss-reactive ketones (excluding diaryl/α,β-unsaturated/α-hetero) is 1. The highest BCUT2D eigenvalue weighted by Crippen LogP contribution is 2.32. The van der Waals surface area contributed by atoms with Crippen molar-refractivity contribution in [1.29, 1.82) is 0 Å². The van der Waals surface area contributed by atoms with Crippen LogP contribution in [0.3, 0.4) is 0 Å². The van der Waals surface area contributed by atoms with E-state index in [1.54, 1.807) is 17.1 Å². The van der Waals surface area contributed by atoms with Crippen LogP contribution in [-0.2, 0) is 9.53 Å². The van der Waals surface area contributed by atoms with Gasteiger partial charge in [0.15, 0.2) is 17.2 Å². The molecular weight excluding hydrogens is 424 g/mol. The van der Waals surface area contributed by atoms with Gasteiger partial charge in [0, 0.05) is 17.6 Å². The van der Waals surface area contributed by atoms with Gasteiger partial charge in [-0.1, -0.05) is 18.2 Å². The minimum Gasteiger partial charge on any atom is -0.488 e. The Labute approximate surface area is 189 Å². The quantitative estimate of drug-likeness (QED) is 0.363. The second-order valence-electron chi connectivity index (χ2n) is 7.83.